The molecule has 0 amide bonds. The molecule has 0 atom stereocenters. The number of aliphatic imine (C=N–C) groups is 1. The first kappa shape index (κ1) is 17.8. The molecule has 4 heteroatoms. The normalized spacial score (nSPS) is 16.2. The van der Waals surface area contributed by atoms with Crippen LogP contribution in [0.5, 0.6) is 5.75 Å². The van der Waals surface area contributed by atoms with Crippen molar-refractivity contribution in [3.8, 4) is 17.6 Å². The van der Waals surface area contributed by atoms with Crippen molar-refractivity contribution in [2.75, 3.05) is 7.11 Å². The molecule has 0 unspecified atom stereocenters. The molecule has 128 valence electrons. The Morgan fingerprint density at radius 1 is 1.27 bits per heavy atom. The second-order valence-corrected chi connectivity index (χ2v) is 6.47. The van der Waals surface area contributed by atoms with E-state index in [0.29, 0.717) is 5.70 Å². The lowest BCUT2D eigenvalue weighted by molar-refractivity contribution is 0.415. The van der Waals surface area contributed by atoms with Crippen molar-refractivity contribution in [1.82, 2.24) is 4.98 Å². The van der Waals surface area contributed by atoms with Crippen molar-refractivity contribution in [2.24, 2.45) is 4.99 Å². The number of aromatic nitrogens is 1. The van der Waals surface area contributed by atoms with Crippen LogP contribution in [-0.2, 0) is 0 Å². The minimum absolute atomic E-state index is 0.531. The molecule has 3 rings (SSSR count). The lowest BCUT2D eigenvalue weighted by atomic mass is 10.2. The minimum atomic E-state index is 0.531. The summed E-state index contributed by atoms with van der Waals surface area (Å²) in [5.41, 5.74) is 3.58. The average molecular weight is 358 g/mol. The van der Waals surface area contributed by atoms with E-state index in [4.69, 9.17) is 4.74 Å². The van der Waals surface area contributed by atoms with Gasteiger partial charge in [-0.2, -0.15) is 0 Å². The number of methoxy groups -OCH3 is 1. The molecule has 0 spiro atoms. The zero-order valence-electron chi connectivity index (χ0n) is 14.7. The van der Waals surface area contributed by atoms with Gasteiger partial charge in [0, 0.05) is 34.0 Å². The van der Waals surface area contributed by atoms with Crippen LogP contribution in [0.2, 0.25) is 0 Å². The van der Waals surface area contributed by atoms with Gasteiger partial charge in [-0.3, -0.25) is 4.98 Å². The number of benzene rings is 1. The molecule has 26 heavy (non-hydrogen) atoms. The largest absolute Gasteiger partial charge is 0.497 e. The molecule has 1 aliphatic heterocycles. The number of pyridine rings is 1. The van der Waals surface area contributed by atoms with E-state index in [1.165, 1.54) is 0 Å². The second-order valence-electron chi connectivity index (χ2n) is 5.44. The summed E-state index contributed by atoms with van der Waals surface area (Å²) >= 11 is 1.61. The summed E-state index contributed by atoms with van der Waals surface area (Å²) in [7, 11) is 1.64. The number of hydrogen-bond donors (Lipinski definition) is 0. The van der Waals surface area contributed by atoms with E-state index in [1.807, 2.05) is 55.6 Å². The van der Waals surface area contributed by atoms with E-state index in [-0.39, 0.29) is 0 Å². The van der Waals surface area contributed by atoms with Crippen molar-refractivity contribution in [3.63, 3.8) is 0 Å². The molecule has 0 N–H and O–H groups in total. The highest BCUT2D eigenvalue weighted by atomic mass is 32.2. The molecule has 1 aromatic carbocycles. The highest BCUT2D eigenvalue weighted by Gasteiger charge is 2.18. The molecule has 3 nitrogen and oxygen atoms in total. The first-order valence-corrected chi connectivity index (χ1v) is 8.91. The highest BCUT2D eigenvalue weighted by Crippen LogP contribution is 2.38. The Kier molecular flexibility index (Phi) is 5.73. The number of hydrogen-bond acceptors (Lipinski definition) is 4. The summed E-state index contributed by atoms with van der Waals surface area (Å²) in [5.74, 6) is 6.90. The lowest BCUT2D eigenvalue weighted by Gasteiger charge is -2.00. The fraction of sp³-hybridized carbons (Fsp3) is 0.0909. The van der Waals surface area contributed by atoms with E-state index < -0.39 is 0 Å². The highest BCUT2D eigenvalue weighted by molar-refractivity contribution is 8.22. The van der Waals surface area contributed by atoms with Crippen LogP contribution in [0.1, 0.15) is 18.1 Å². The van der Waals surface area contributed by atoms with Crippen LogP contribution in [0.4, 0.5) is 0 Å². The van der Waals surface area contributed by atoms with Gasteiger partial charge in [0.1, 0.15) is 16.5 Å². The van der Waals surface area contributed by atoms with Crippen molar-refractivity contribution >= 4 is 21.7 Å². The van der Waals surface area contributed by atoms with Gasteiger partial charge in [0.05, 0.1) is 7.11 Å². The summed E-state index contributed by atoms with van der Waals surface area (Å²) in [6.45, 7) is 5.97. The third kappa shape index (κ3) is 4.33. The Balaban J connectivity index is 1.75. The Morgan fingerprint density at radius 2 is 2.08 bits per heavy atom. The number of allylic oxidation sites excluding steroid dienone is 3. The van der Waals surface area contributed by atoms with Crippen LogP contribution in [0.15, 0.2) is 83.8 Å². The zero-order chi connectivity index (χ0) is 18.4. The molecule has 1 aromatic heterocycles. The summed E-state index contributed by atoms with van der Waals surface area (Å²) in [5, 5.41) is 0.903. The molecular formula is C22H18N2OS. The summed E-state index contributed by atoms with van der Waals surface area (Å²) in [4.78, 5) is 9.90. The smallest absolute Gasteiger partial charge is 0.118 e. The average Bonchev–Trinajstić information content (AvgIpc) is 3.10. The standard InChI is InChI=1S/C22H18N2OS/c1-4-18-14-21(19-6-5-13-23-15-19)26-22(18)24-16(2)7-8-17-9-11-20(25-3)12-10-17/h4-6,9-15H,2H2,1,3H3/b18-4-,24-22?. The van der Waals surface area contributed by atoms with Gasteiger partial charge in [-0.15, -0.1) is 0 Å². The van der Waals surface area contributed by atoms with Gasteiger partial charge in [0.25, 0.3) is 0 Å². The van der Waals surface area contributed by atoms with E-state index in [1.54, 1.807) is 25.1 Å². The van der Waals surface area contributed by atoms with Gasteiger partial charge in [-0.05, 0) is 49.3 Å². The van der Waals surface area contributed by atoms with Crippen LogP contribution < -0.4 is 4.74 Å². The van der Waals surface area contributed by atoms with E-state index in [9.17, 15) is 0 Å². The molecule has 0 aliphatic carbocycles. The van der Waals surface area contributed by atoms with Crippen molar-refractivity contribution in [3.05, 3.63) is 89.9 Å². The van der Waals surface area contributed by atoms with E-state index in [2.05, 4.69) is 34.5 Å². The predicted octanol–water partition coefficient (Wildman–Crippen LogP) is 5.09. The van der Waals surface area contributed by atoms with Crippen LogP contribution in [0, 0.1) is 11.8 Å². The van der Waals surface area contributed by atoms with Gasteiger partial charge in [-0.25, -0.2) is 4.99 Å². The van der Waals surface area contributed by atoms with Gasteiger partial charge < -0.3 is 4.74 Å². The quantitative estimate of drug-likeness (QED) is 0.717. The fourth-order valence-electron chi connectivity index (χ4n) is 2.31. The second kappa shape index (κ2) is 8.37. The Hall–Kier alpha value is -3.03. The molecule has 0 saturated carbocycles. The zero-order valence-corrected chi connectivity index (χ0v) is 15.5. The maximum atomic E-state index is 5.15. The third-order valence-electron chi connectivity index (χ3n) is 3.67. The lowest BCUT2D eigenvalue weighted by Crippen LogP contribution is -1.90. The van der Waals surface area contributed by atoms with Crippen molar-refractivity contribution in [2.45, 2.75) is 6.92 Å². The molecule has 0 radical (unpaired) electrons. The molecule has 2 aromatic rings. The van der Waals surface area contributed by atoms with Crippen LogP contribution in [0.3, 0.4) is 0 Å². The summed E-state index contributed by atoms with van der Waals surface area (Å²) < 4.78 is 5.15. The fourth-order valence-corrected chi connectivity index (χ4v) is 3.39. The van der Waals surface area contributed by atoms with Crippen LogP contribution >= 0.6 is 11.8 Å². The SMILES string of the molecule is C=C(C#Cc1ccc(OC)cc1)N=C1SC(c2cccnc2)=C/C1=C/C. The first-order chi connectivity index (χ1) is 12.7. The maximum Gasteiger partial charge on any atom is 0.118 e. The van der Waals surface area contributed by atoms with Crippen molar-refractivity contribution < 1.29 is 4.74 Å². The predicted molar refractivity (Wildman–Crippen MR) is 110 cm³/mol. The molecule has 0 bridgehead atoms. The summed E-state index contributed by atoms with van der Waals surface area (Å²) in [6.07, 6.45) is 7.78. The molecule has 0 saturated heterocycles. The Labute approximate surface area is 158 Å². The summed E-state index contributed by atoms with van der Waals surface area (Å²) in [6, 6.07) is 11.6. The van der Waals surface area contributed by atoms with Crippen molar-refractivity contribution in [1.29, 1.82) is 0 Å². The molecular weight excluding hydrogens is 340 g/mol. The van der Waals surface area contributed by atoms with E-state index >= 15 is 0 Å². The van der Waals surface area contributed by atoms with Gasteiger partial charge >= 0.3 is 0 Å². The monoisotopic (exact) mass is 358 g/mol. The molecule has 0 fully saturated rings. The number of nitrogens with zero attached hydrogens (tertiary/aromatic N) is 2. The van der Waals surface area contributed by atoms with Crippen LogP contribution in [-0.4, -0.2) is 17.1 Å². The topological polar surface area (TPSA) is 34.5 Å². The molecule has 2 heterocycles. The maximum absolute atomic E-state index is 5.15. The van der Waals surface area contributed by atoms with E-state index in [0.717, 1.165) is 32.4 Å². The minimum Gasteiger partial charge on any atom is -0.497 e. The van der Waals surface area contributed by atoms with Gasteiger partial charge in [0.15, 0.2) is 0 Å². The van der Waals surface area contributed by atoms with Crippen LogP contribution in [0.25, 0.3) is 4.91 Å². The first-order valence-electron chi connectivity index (χ1n) is 8.10. The third-order valence-corrected chi connectivity index (χ3v) is 4.77. The number of thioether (sulfide) groups is 1. The Bertz CT molecular complexity index is 959. The number of rotatable bonds is 3. The molecule has 1 aliphatic rings. The van der Waals surface area contributed by atoms with Gasteiger partial charge in [-0.1, -0.05) is 36.4 Å². The number of ether oxygens (including phenoxy) is 1. The Morgan fingerprint density at radius 3 is 2.73 bits per heavy atom. The van der Waals surface area contributed by atoms with Gasteiger partial charge in [0.2, 0.25) is 0 Å².